The molecule has 0 aliphatic carbocycles. The second kappa shape index (κ2) is 5.64. The molecular weight excluding hydrogens is 260 g/mol. The van der Waals surface area contributed by atoms with Crippen molar-refractivity contribution in [1.82, 2.24) is 0 Å². The topological polar surface area (TPSA) is 77.5 Å². The Morgan fingerprint density at radius 2 is 2.10 bits per heavy atom. The van der Waals surface area contributed by atoms with Gasteiger partial charge >= 0.3 is 0 Å². The summed E-state index contributed by atoms with van der Waals surface area (Å²) in [5, 5.41) is 14.1. The van der Waals surface area contributed by atoms with Crippen LogP contribution in [0.2, 0.25) is 0 Å². The van der Waals surface area contributed by atoms with Crippen LogP contribution in [-0.4, -0.2) is 12.0 Å². The van der Waals surface area contributed by atoms with E-state index in [9.17, 15) is 10.1 Å². The minimum absolute atomic E-state index is 0.000859. The molecular formula is C14H16N2O4. The minimum atomic E-state index is -0.429. The zero-order valence-corrected chi connectivity index (χ0v) is 11.5. The number of methoxy groups -OCH3 is 1. The zero-order chi connectivity index (χ0) is 14.7. The summed E-state index contributed by atoms with van der Waals surface area (Å²) >= 11 is 0. The van der Waals surface area contributed by atoms with Crippen LogP contribution in [0.25, 0.3) is 0 Å². The second-order valence-electron chi connectivity index (χ2n) is 4.45. The van der Waals surface area contributed by atoms with Gasteiger partial charge in [0.2, 0.25) is 0 Å². The molecule has 1 atom stereocenters. The third-order valence-corrected chi connectivity index (χ3v) is 2.96. The first-order valence-electron chi connectivity index (χ1n) is 6.16. The van der Waals surface area contributed by atoms with Crippen molar-refractivity contribution in [1.29, 1.82) is 0 Å². The van der Waals surface area contributed by atoms with Crippen molar-refractivity contribution in [2.24, 2.45) is 0 Å². The lowest BCUT2D eigenvalue weighted by atomic mass is 10.2. The molecule has 0 aliphatic rings. The lowest BCUT2D eigenvalue weighted by Gasteiger charge is -2.14. The van der Waals surface area contributed by atoms with Gasteiger partial charge in [-0.25, -0.2) is 0 Å². The van der Waals surface area contributed by atoms with Crippen molar-refractivity contribution in [3.05, 3.63) is 52.0 Å². The van der Waals surface area contributed by atoms with Crippen LogP contribution in [0.1, 0.15) is 24.5 Å². The van der Waals surface area contributed by atoms with E-state index in [1.807, 2.05) is 26.0 Å². The standard InChI is InChI=1S/C14H16N2O4/c1-9-4-7-14(20-9)10(2)15-12-8-11(19-3)5-6-13(12)16(17)18/h4-8,10,15H,1-3H3. The molecule has 6 heteroatoms. The van der Waals surface area contributed by atoms with Gasteiger partial charge in [-0.3, -0.25) is 10.1 Å². The molecule has 1 N–H and O–H groups in total. The van der Waals surface area contributed by atoms with Crippen molar-refractivity contribution in [3.63, 3.8) is 0 Å². The number of anilines is 1. The number of rotatable bonds is 5. The smallest absolute Gasteiger partial charge is 0.292 e. The van der Waals surface area contributed by atoms with Crippen LogP contribution in [-0.2, 0) is 0 Å². The van der Waals surface area contributed by atoms with Crippen LogP contribution >= 0.6 is 0 Å². The van der Waals surface area contributed by atoms with Gasteiger partial charge in [-0.2, -0.15) is 0 Å². The largest absolute Gasteiger partial charge is 0.497 e. The van der Waals surface area contributed by atoms with E-state index in [0.29, 0.717) is 11.4 Å². The highest BCUT2D eigenvalue weighted by Gasteiger charge is 2.18. The van der Waals surface area contributed by atoms with E-state index in [2.05, 4.69) is 5.32 Å². The van der Waals surface area contributed by atoms with Crippen molar-refractivity contribution >= 4 is 11.4 Å². The Bertz CT molecular complexity index is 621. The van der Waals surface area contributed by atoms with E-state index in [-0.39, 0.29) is 11.7 Å². The number of nitrogens with zero attached hydrogens (tertiary/aromatic N) is 1. The van der Waals surface area contributed by atoms with Crippen LogP contribution in [0.5, 0.6) is 5.75 Å². The number of nitrogens with one attached hydrogen (secondary N) is 1. The highest BCUT2D eigenvalue weighted by atomic mass is 16.6. The molecule has 0 radical (unpaired) electrons. The molecule has 0 spiro atoms. The summed E-state index contributed by atoms with van der Waals surface area (Å²) in [4.78, 5) is 10.6. The molecule has 6 nitrogen and oxygen atoms in total. The number of nitro benzene ring substituents is 1. The van der Waals surface area contributed by atoms with Crippen molar-refractivity contribution < 1.29 is 14.1 Å². The monoisotopic (exact) mass is 276 g/mol. The van der Waals surface area contributed by atoms with Gasteiger partial charge in [-0.05, 0) is 32.0 Å². The number of ether oxygens (including phenoxy) is 1. The van der Waals surface area contributed by atoms with E-state index in [1.165, 1.54) is 13.2 Å². The van der Waals surface area contributed by atoms with E-state index < -0.39 is 4.92 Å². The Morgan fingerprint density at radius 3 is 2.65 bits per heavy atom. The number of furan rings is 1. The molecule has 2 rings (SSSR count). The molecule has 0 saturated heterocycles. The number of aryl methyl sites for hydroxylation is 1. The maximum atomic E-state index is 11.0. The summed E-state index contributed by atoms with van der Waals surface area (Å²) in [5.41, 5.74) is 0.400. The SMILES string of the molecule is COc1ccc([N+](=O)[O-])c(NC(C)c2ccc(C)o2)c1. The lowest BCUT2D eigenvalue weighted by Crippen LogP contribution is -2.07. The van der Waals surface area contributed by atoms with Gasteiger partial charge in [0.15, 0.2) is 0 Å². The van der Waals surface area contributed by atoms with Crippen LogP contribution in [0.3, 0.4) is 0 Å². The predicted octanol–water partition coefficient (Wildman–Crippen LogP) is 3.68. The zero-order valence-electron chi connectivity index (χ0n) is 11.5. The summed E-state index contributed by atoms with van der Waals surface area (Å²) in [5.74, 6) is 2.08. The number of hydrogen-bond acceptors (Lipinski definition) is 5. The molecule has 106 valence electrons. The summed E-state index contributed by atoms with van der Waals surface area (Å²) in [6.45, 7) is 3.73. The lowest BCUT2D eigenvalue weighted by molar-refractivity contribution is -0.384. The fraction of sp³-hybridized carbons (Fsp3) is 0.286. The highest BCUT2D eigenvalue weighted by Crippen LogP contribution is 2.32. The molecule has 0 saturated carbocycles. The fourth-order valence-corrected chi connectivity index (χ4v) is 1.91. The molecule has 1 aromatic carbocycles. The quantitative estimate of drug-likeness (QED) is 0.665. The van der Waals surface area contributed by atoms with Crippen LogP contribution < -0.4 is 10.1 Å². The number of nitro groups is 1. The molecule has 20 heavy (non-hydrogen) atoms. The van der Waals surface area contributed by atoms with Gasteiger partial charge in [-0.1, -0.05) is 0 Å². The maximum Gasteiger partial charge on any atom is 0.292 e. The molecule has 0 amide bonds. The molecule has 0 fully saturated rings. The average Bonchev–Trinajstić information content (AvgIpc) is 2.85. The fourth-order valence-electron chi connectivity index (χ4n) is 1.91. The molecule has 1 aromatic heterocycles. The Labute approximate surface area is 116 Å². The number of hydrogen-bond donors (Lipinski definition) is 1. The van der Waals surface area contributed by atoms with Crippen molar-refractivity contribution in [2.45, 2.75) is 19.9 Å². The van der Waals surface area contributed by atoms with Crippen LogP contribution in [0.4, 0.5) is 11.4 Å². The van der Waals surface area contributed by atoms with Gasteiger partial charge in [0.25, 0.3) is 5.69 Å². The molecule has 0 bridgehead atoms. The Balaban J connectivity index is 2.29. The van der Waals surface area contributed by atoms with Crippen LogP contribution in [0.15, 0.2) is 34.7 Å². The first-order chi connectivity index (χ1) is 9.51. The van der Waals surface area contributed by atoms with E-state index in [0.717, 1.165) is 11.5 Å². The van der Waals surface area contributed by atoms with Gasteiger partial charge in [0.05, 0.1) is 18.1 Å². The molecule has 1 heterocycles. The third kappa shape index (κ3) is 2.90. The third-order valence-electron chi connectivity index (χ3n) is 2.96. The molecule has 2 aromatic rings. The van der Waals surface area contributed by atoms with E-state index in [4.69, 9.17) is 9.15 Å². The first-order valence-corrected chi connectivity index (χ1v) is 6.16. The Kier molecular flexibility index (Phi) is 3.93. The van der Waals surface area contributed by atoms with Crippen LogP contribution in [0, 0.1) is 17.0 Å². The van der Waals surface area contributed by atoms with Crippen molar-refractivity contribution in [3.8, 4) is 5.75 Å². The summed E-state index contributed by atoms with van der Waals surface area (Å²) in [7, 11) is 1.52. The second-order valence-corrected chi connectivity index (χ2v) is 4.45. The summed E-state index contributed by atoms with van der Waals surface area (Å²) in [6.07, 6.45) is 0. The van der Waals surface area contributed by atoms with E-state index in [1.54, 1.807) is 12.1 Å². The maximum absolute atomic E-state index is 11.0. The van der Waals surface area contributed by atoms with Crippen molar-refractivity contribution in [2.75, 3.05) is 12.4 Å². The van der Waals surface area contributed by atoms with Gasteiger partial charge in [0, 0.05) is 12.1 Å². The van der Waals surface area contributed by atoms with E-state index >= 15 is 0 Å². The molecule has 1 unspecified atom stereocenters. The number of benzene rings is 1. The Hall–Kier alpha value is -2.50. The predicted molar refractivity (Wildman–Crippen MR) is 75.1 cm³/mol. The van der Waals surface area contributed by atoms with Gasteiger partial charge in [0.1, 0.15) is 23.0 Å². The summed E-state index contributed by atoms with van der Waals surface area (Å²) < 4.78 is 10.6. The Morgan fingerprint density at radius 1 is 1.35 bits per heavy atom. The summed E-state index contributed by atoms with van der Waals surface area (Å²) in [6, 6.07) is 8.10. The highest BCUT2D eigenvalue weighted by molar-refractivity contribution is 5.64. The first kappa shape index (κ1) is 13.9. The van der Waals surface area contributed by atoms with Gasteiger partial charge < -0.3 is 14.5 Å². The average molecular weight is 276 g/mol. The minimum Gasteiger partial charge on any atom is -0.497 e. The normalized spacial score (nSPS) is 11.9. The van der Waals surface area contributed by atoms with Gasteiger partial charge in [-0.15, -0.1) is 0 Å². The molecule has 0 aliphatic heterocycles.